The molecule has 2 aromatic heterocycles. The Morgan fingerprint density at radius 3 is 2.42 bits per heavy atom. The van der Waals surface area contributed by atoms with E-state index >= 15 is 0 Å². The van der Waals surface area contributed by atoms with Gasteiger partial charge in [-0.1, -0.05) is 36.4 Å². The highest BCUT2D eigenvalue weighted by Gasteiger charge is 2.16. The highest BCUT2D eigenvalue weighted by molar-refractivity contribution is 7.67. The molecule has 2 heterocycles. The van der Waals surface area contributed by atoms with E-state index in [0.29, 0.717) is 29.4 Å². The number of carbonyl (C=O) groups excluding carboxylic acids is 1. The summed E-state index contributed by atoms with van der Waals surface area (Å²) in [7, 11) is -2.93. The molecular weight excluding hydrogens is 548 g/mol. The summed E-state index contributed by atoms with van der Waals surface area (Å²) in [5, 5.41) is 11.5. The largest absolute Gasteiger partial charge is 0.383 e. The number of hydrogen-bond acceptors (Lipinski definition) is 9. The SMILES string of the molecule is NCc1cccc(NC(=O)Nc2ccc(-c3csc4c(-c5cccc(NCO[SH](=O)=O)c5)cnc(N)c34)cc2)c1. The molecule has 40 heavy (non-hydrogen) atoms. The molecular formula is C28H26N6O4S2. The van der Waals surface area contributed by atoms with E-state index in [4.69, 9.17) is 11.5 Å². The molecule has 10 nitrogen and oxygen atoms in total. The van der Waals surface area contributed by atoms with E-state index < -0.39 is 11.0 Å². The standard InChI is InChI=1S/C28H26N6O4S2/c29-13-17-3-1-6-22(11-17)34-28(35)33-20-9-7-18(8-10-20)24-15-39-26-23(14-31-27(30)25(24)26)19-4-2-5-21(12-19)32-16-38-40(36)37/h1-12,14-15,32,40H,13,16,29H2,(H2,30,31)(H2,33,34,35). The third-order valence-electron chi connectivity index (χ3n) is 6.12. The fourth-order valence-electron chi connectivity index (χ4n) is 4.25. The topological polar surface area (TPSA) is 161 Å². The molecule has 3 aromatic carbocycles. The number of benzene rings is 3. The van der Waals surface area contributed by atoms with Crippen molar-refractivity contribution in [1.29, 1.82) is 0 Å². The van der Waals surface area contributed by atoms with Crippen molar-refractivity contribution >= 4 is 61.3 Å². The summed E-state index contributed by atoms with van der Waals surface area (Å²) < 4.78 is 26.9. The van der Waals surface area contributed by atoms with Crippen molar-refractivity contribution in [2.75, 3.05) is 28.4 Å². The van der Waals surface area contributed by atoms with Crippen LogP contribution in [0.5, 0.6) is 0 Å². The Bertz CT molecular complexity index is 1740. The first-order valence-electron chi connectivity index (χ1n) is 12.2. The number of hydrogen-bond donors (Lipinski definition) is 6. The molecule has 0 bridgehead atoms. The first kappa shape index (κ1) is 27.1. The molecule has 12 heteroatoms. The van der Waals surface area contributed by atoms with Gasteiger partial charge in [-0.05, 0) is 58.5 Å². The van der Waals surface area contributed by atoms with Crippen LogP contribution in [0.2, 0.25) is 0 Å². The number of nitrogens with zero attached hydrogens (tertiary/aromatic N) is 1. The van der Waals surface area contributed by atoms with Gasteiger partial charge in [-0.2, -0.15) is 0 Å². The minimum absolute atomic E-state index is 0.158. The van der Waals surface area contributed by atoms with E-state index in [-0.39, 0.29) is 12.8 Å². The van der Waals surface area contributed by atoms with Gasteiger partial charge in [-0.3, -0.25) is 4.18 Å². The van der Waals surface area contributed by atoms with E-state index in [0.717, 1.165) is 37.9 Å². The number of pyridine rings is 1. The van der Waals surface area contributed by atoms with Gasteiger partial charge in [0.05, 0.1) is 0 Å². The molecule has 0 unspecified atom stereocenters. The summed E-state index contributed by atoms with van der Waals surface area (Å²) in [6.07, 6.45) is 1.73. The van der Waals surface area contributed by atoms with Crippen LogP contribution in [0.4, 0.5) is 27.7 Å². The van der Waals surface area contributed by atoms with Gasteiger partial charge < -0.3 is 27.4 Å². The van der Waals surface area contributed by atoms with Gasteiger partial charge in [0.1, 0.15) is 12.5 Å². The smallest absolute Gasteiger partial charge is 0.323 e. The molecule has 5 aromatic rings. The number of thiol groups is 1. The van der Waals surface area contributed by atoms with Crippen LogP contribution < -0.4 is 27.4 Å². The molecule has 0 radical (unpaired) electrons. The number of carbonyl (C=O) groups is 1. The Morgan fingerprint density at radius 1 is 0.900 bits per heavy atom. The number of nitrogen functional groups attached to an aromatic ring is 1. The summed E-state index contributed by atoms with van der Waals surface area (Å²) in [4.78, 5) is 16.9. The highest BCUT2D eigenvalue weighted by atomic mass is 32.2. The van der Waals surface area contributed by atoms with Crippen LogP contribution >= 0.6 is 11.3 Å². The van der Waals surface area contributed by atoms with Gasteiger partial charge in [0.25, 0.3) is 11.0 Å². The van der Waals surface area contributed by atoms with Crippen LogP contribution in [-0.2, 0) is 21.7 Å². The number of fused-ring (bicyclic) bond motifs is 1. The Balaban J connectivity index is 1.36. The third kappa shape index (κ3) is 6.21. The average Bonchev–Trinajstić information content (AvgIpc) is 3.40. The number of aromatic nitrogens is 1. The maximum absolute atomic E-state index is 12.5. The predicted molar refractivity (Wildman–Crippen MR) is 162 cm³/mol. The van der Waals surface area contributed by atoms with E-state index in [9.17, 15) is 13.2 Å². The second-order valence-corrected chi connectivity index (χ2v) is 10.3. The quantitative estimate of drug-likeness (QED) is 0.103. The number of thiophene rings is 1. The molecule has 0 aliphatic heterocycles. The summed E-state index contributed by atoms with van der Waals surface area (Å²) in [6, 6.07) is 22.0. The maximum Gasteiger partial charge on any atom is 0.323 e. The van der Waals surface area contributed by atoms with Crippen molar-refractivity contribution in [3.05, 3.63) is 89.9 Å². The number of nitrogens with two attached hydrogens (primary N) is 2. The second kappa shape index (κ2) is 12.1. The molecule has 7 N–H and O–H groups in total. The summed E-state index contributed by atoms with van der Waals surface area (Å²) >= 11 is 1.56. The number of anilines is 4. The van der Waals surface area contributed by atoms with Gasteiger partial charge >= 0.3 is 6.03 Å². The molecule has 204 valence electrons. The van der Waals surface area contributed by atoms with E-state index in [1.807, 2.05) is 72.1 Å². The second-order valence-electron chi connectivity index (χ2n) is 8.73. The third-order valence-corrected chi connectivity index (χ3v) is 7.47. The van der Waals surface area contributed by atoms with Gasteiger partial charge in [-0.15, -0.1) is 11.3 Å². The van der Waals surface area contributed by atoms with Gasteiger partial charge in [0.15, 0.2) is 0 Å². The summed E-state index contributed by atoms with van der Waals surface area (Å²) in [5.74, 6) is 0.415. The predicted octanol–water partition coefficient (Wildman–Crippen LogP) is 5.23. The number of nitrogens with one attached hydrogen (secondary N) is 3. The Hall–Kier alpha value is -4.49. The van der Waals surface area contributed by atoms with Crippen molar-refractivity contribution in [1.82, 2.24) is 4.98 Å². The van der Waals surface area contributed by atoms with E-state index in [1.54, 1.807) is 23.6 Å². The number of rotatable bonds is 9. The average molecular weight is 575 g/mol. The lowest BCUT2D eigenvalue weighted by molar-refractivity contribution is 0.262. The Morgan fingerprint density at radius 2 is 1.65 bits per heavy atom. The van der Waals surface area contributed by atoms with Crippen LogP contribution in [0.1, 0.15) is 5.56 Å². The first-order valence-corrected chi connectivity index (χ1v) is 14.1. The first-order chi connectivity index (χ1) is 19.4. The van der Waals surface area contributed by atoms with E-state index in [2.05, 4.69) is 25.1 Å². The highest BCUT2D eigenvalue weighted by Crippen LogP contribution is 2.42. The number of urea groups is 1. The fourth-order valence-corrected chi connectivity index (χ4v) is 5.54. The van der Waals surface area contributed by atoms with Crippen molar-refractivity contribution in [3.63, 3.8) is 0 Å². The summed E-state index contributed by atoms with van der Waals surface area (Å²) in [5.41, 5.74) is 18.6. The lowest BCUT2D eigenvalue weighted by Crippen LogP contribution is -2.19. The zero-order valence-corrected chi connectivity index (χ0v) is 22.8. The number of amides is 2. The molecule has 0 aliphatic rings. The molecule has 5 rings (SSSR count). The van der Waals surface area contributed by atoms with E-state index in [1.165, 1.54) is 0 Å². The zero-order valence-electron chi connectivity index (χ0n) is 21.1. The molecule has 0 saturated carbocycles. The molecule has 2 amide bonds. The van der Waals surface area contributed by atoms with Crippen LogP contribution in [0.25, 0.3) is 32.3 Å². The van der Waals surface area contributed by atoms with Gasteiger partial charge in [0, 0.05) is 51.0 Å². The molecule has 0 aliphatic carbocycles. The Kier molecular flexibility index (Phi) is 8.22. The van der Waals surface area contributed by atoms with Gasteiger partial charge in [0.2, 0.25) is 0 Å². The van der Waals surface area contributed by atoms with Gasteiger partial charge in [-0.25, -0.2) is 18.2 Å². The van der Waals surface area contributed by atoms with Crippen molar-refractivity contribution in [3.8, 4) is 22.3 Å². The fraction of sp³-hybridized carbons (Fsp3) is 0.0714. The Labute approximate surface area is 236 Å². The minimum atomic E-state index is -2.93. The van der Waals surface area contributed by atoms with Crippen molar-refractivity contribution in [2.45, 2.75) is 6.54 Å². The molecule has 0 fully saturated rings. The lowest BCUT2D eigenvalue weighted by atomic mass is 10.0. The van der Waals surface area contributed by atoms with Crippen molar-refractivity contribution < 1.29 is 17.4 Å². The zero-order chi connectivity index (χ0) is 28.1. The van der Waals surface area contributed by atoms with Crippen LogP contribution in [-0.4, -0.2) is 26.2 Å². The van der Waals surface area contributed by atoms with Crippen LogP contribution in [0, 0.1) is 0 Å². The summed E-state index contributed by atoms with van der Waals surface area (Å²) in [6.45, 7) is 0.235. The monoisotopic (exact) mass is 574 g/mol. The lowest BCUT2D eigenvalue weighted by Gasteiger charge is -2.10. The maximum atomic E-state index is 12.5. The minimum Gasteiger partial charge on any atom is -0.383 e. The molecule has 0 saturated heterocycles. The van der Waals surface area contributed by atoms with Crippen molar-refractivity contribution in [2.24, 2.45) is 5.73 Å². The van der Waals surface area contributed by atoms with Crippen LogP contribution in [0.3, 0.4) is 0 Å². The normalized spacial score (nSPS) is 11.1. The molecule has 0 atom stereocenters. The molecule has 0 spiro atoms. The van der Waals surface area contributed by atoms with Crippen LogP contribution in [0.15, 0.2) is 84.4 Å².